The summed E-state index contributed by atoms with van der Waals surface area (Å²) in [7, 11) is -2.30. The Morgan fingerprint density at radius 1 is 1.14 bits per heavy atom. The molecule has 152 valence electrons. The van der Waals surface area contributed by atoms with Crippen molar-refractivity contribution in [3.8, 4) is 11.1 Å². The first-order chi connectivity index (χ1) is 13.7. The molecule has 1 N–H and O–H groups in total. The van der Waals surface area contributed by atoms with Crippen LogP contribution in [0.4, 0.5) is 0 Å². The van der Waals surface area contributed by atoms with Gasteiger partial charge in [-0.2, -0.15) is 0 Å². The lowest BCUT2D eigenvalue weighted by Crippen LogP contribution is -2.49. The van der Waals surface area contributed by atoms with Crippen LogP contribution in [0.15, 0.2) is 59.7 Å². The maximum Gasteiger partial charge on any atom is 0.261 e. The maximum atomic E-state index is 12.9. The molecule has 0 saturated heterocycles. The van der Waals surface area contributed by atoms with Crippen molar-refractivity contribution in [1.29, 1.82) is 0 Å². The molecule has 0 aliphatic rings. The van der Waals surface area contributed by atoms with Gasteiger partial charge in [0.25, 0.3) is 5.56 Å². The molecule has 0 fully saturated rings. The van der Waals surface area contributed by atoms with E-state index >= 15 is 0 Å². The van der Waals surface area contributed by atoms with Crippen LogP contribution in [-0.2, 0) is 21.2 Å². The highest BCUT2D eigenvalue weighted by Gasteiger charge is 2.42. The topological polar surface area (TPSA) is 98.1 Å². The molecule has 0 aliphatic heterocycles. The van der Waals surface area contributed by atoms with Gasteiger partial charge in [-0.3, -0.25) is 14.2 Å². The van der Waals surface area contributed by atoms with E-state index in [2.05, 4.69) is 10.3 Å². The monoisotopic (exact) mass is 413 g/mol. The minimum absolute atomic E-state index is 0.0410. The van der Waals surface area contributed by atoms with Crippen LogP contribution in [0.5, 0.6) is 0 Å². The Balaban J connectivity index is 1.94. The number of rotatable bonds is 6. The van der Waals surface area contributed by atoms with Crippen molar-refractivity contribution in [3.05, 3.63) is 65.2 Å². The lowest BCUT2D eigenvalue weighted by atomic mass is 10.0. The summed E-state index contributed by atoms with van der Waals surface area (Å²) in [6, 6.07) is 15.2. The largest absolute Gasteiger partial charge is 0.358 e. The van der Waals surface area contributed by atoms with E-state index in [1.165, 1.54) is 24.9 Å². The molecule has 0 spiro atoms. The van der Waals surface area contributed by atoms with Crippen LogP contribution in [0.3, 0.4) is 0 Å². The van der Waals surface area contributed by atoms with Crippen molar-refractivity contribution in [1.82, 2.24) is 14.9 Å². The molecule has 0 saturated carbocycles. The molecule has 2 aromatic carbocycles. The average molecular weight is 413 g/mol. The van der Waals surface area contributed by atoms with E-state index in [0.29, 0.717) is 10.9 Å². The Morgan fingerprint density at radius 3 is 2.45 bits per heavy atom. The molecular weight excluding hydrogens is 390 g/mol. The second kappa shape index (κ2) is 7.79. The first kappa shape index (κ1) is 20.7. The third kappa shape index (κ3) is 3.93. The van der Waals surface area contributed by atoms with Crippen molar-refractivity contribution in [2.45, 2.75) is 24.6 Å². The van der Waals surface area contributed by atoms with E-state index in [9.17, 15) is 18.0 Å². The standard InChI is InChI=1S/C21H23N3O4S/c1-21(20(26)22-2,29(3,27)28)11-12-24-14-23-18-13-16(9-10-17(18)19(24)25)15-7-5-4-6-8-15/h4-10,13-14H,11-12H2,1-3H3,(H,22,26)/t21-/m1/s1. The molecule has 1 aromatic heterocycles. The zero-order chi connectivity index (χ0) is 21.2. The molecule has 7 nitrogen and oxygen atoms in total. The van der Waals surface area contributed by atoms with E-state index in [0.717, 1.165) is 17.4 Å². The minimum Gasteiger partial charge on any atom is -0.358 e. The molecule has 8 heteroatoms. The van der Waals surface area contributed by atoms with Crippen molar-refractivity contribution < 1.29 is 13.2 Å². The van der Waals surface area contributed by atoms with Crippen LogP contribution in [0, 0.1) is 0 Å². The molecule has 0 unspecified atom stereocenters. The van der Waals surface area contributed by atoms with E-state index in [1.54, 1.807) is 6.07 Å². The smallest absolute Gasteiger partial charge is 0.261 e. The van der Waals surface area contributed by atoms with Crippen LogP contribution in [0.1, 0.15) is 13.3 Å². The van der Waals surface area contributed by atoms with Gasteiger partial charge < -0.3 is 5.32 Å². The number of amides is 1. The van der Waals surface area contributed by atoms with E-state index < -0.39 is 20.5 Å². The number of hydrogen-bond donors (Lipinski definition) is 1. The fourth-order valence-electron chi connectivity index (χ4n) is 3.19. The van der Waals surface area contributed by atoms with Crippen LogP contribution in [0.25, 0.3) is 22.0 Å². The summed E-state index contributed by atoms with van der Waals surface area (Å²) in [5.41, 5.74) is 2.26. The van der Waals surface area contributed by atoms with Crippen molar-refractivity contribution in [2.75, 3.05) is 13.3 Å². The van der Waals surface area contributed by atoms with Gasteiger partial charge in [0.05, 0.1) is 17.2 Å². The summed E-state index contributed by atoms with van der Waals surface area (Å²) in [5.74, 6) is -0.602. The summed E-state index contributed by atoms with van der Waals surface area (Å²) in [5, 5.41) is 2.83. The van der Waals surface area contributed by atoms with Crippen LogP contribution in [-0.4, -0.2) is 41.9 Å². The number of aromatic nitrogens is 2. The Hall–Kier alpha value is -3.00. The van der Waals surface area contributed by atoms with Crippen LogP contribution >= 0.6 is 0 Å². The zero-order valence-electron chi connectivity index (χ0n) is 16.5. The van der Waals surface area contributed by atoms with Crippen LogP contribution in [0.2, 0.25) is 0 Å². The number of sulfone groups is 1. The molecule has 29 heavy (non-hydrogen) atoms. The number of nitrogens with one attached hydrogen (secondary N) is 1. The fourth-order valence-corrected chi connectivity index (χ4v) is 4.09. The third-order valence-electron chi connectivity index (χ3n) is 5.29. The second-order valence-corrected chi connectivity index (χ2v) is 9.62. The average Bonchev–Trinajstić information content (AvgIpc) is 2.72. The second-order valence-electron chi connectivity index (χ2n) is 7.17. The Labute approximate surface area is 169 Å². The zero-order valence-corrected chi connectivity index (χ0v) is 17.4. The van der Waals surface area contributed by atoms with E-state index in [-0.39, 0.29) is 18.5 Å². The van der Waals surface area contributed by atoms with Gasteiger partial charge in [-0.1, -0.05) is 36.4 Å². The summed E-state index contributed by atoms with van der Waals surface area (Å²) < 4.78 is 24.1. The number of hydrogen-bond acceptors (Lipinski definition) is 5. The van der Waals surface area contributed by atoms with Gasteiger partial charge in [0.15, 0.2) is 9.84 Å². The Morgan fingerprint density at radius 2 is 1.83 bits per heavy atom. The lowest BCUT2D eigenvalue weighted by molar-refractivity contribution is -0.123. The fraction of sp³-hybridized carbons (Fsp3) is 0.286. The normalized spacial score (nSPS) is 13.8. The van der Waals surface area contributed by atoms with Gasteiger partial charge in [-0.15, -0.1) is 0 Å². The predicted molar refractivity (Wildman–Crippen MR) is 113 cm³/mol. The van der Waals surface area contributed by atoms with Gasteiger partial charge in [0.2, 0.25) is 5.91 Å². The molecule has 0 radical (unpaired) electrons. The Bertz CT molecular complexity index is 1220. The minimum atomic E-state index is -3.69. The molecule has 1 heterocycles. The number of carbonyl (C=O) groups is 1. The SMILES string of the molecule is CNC(=O)[C@@](C)(CCn1cnc2cc(-c3ccccc3)ccc2c1=O)S(C)(=O)=O. The molecule has 0 bridgehead atoms. The summed E-state index contributed by atoms with van der Waals surface area (Å²) in [4.78, 5) is 29.4. The third-order valence-corrected chi connectivity index (χ3v) is 7.31. The van der Waals surface area contributed by atoms with Crippen molar-refractivity contribution in [3.63, 3.8) is 0 Å². The molecule has 3 rings (SSSR count). The van der Waals surface area contributed by atoms with E-state index in [4.69, 9.17) is 0 Å². The highest BCUT2D eigenvalue weighted by atomic mass is 32.2. The number of fused-ring (bicyclic) bond motifs is 1. The molecule has 0 aliphatic carbocycles. The predicted octanol–water partition coefficient (Wildman–Crippen LogP) is 2.00. The quantitative estimate of drug-likeness (QED) is 0.667. The number of benzene rings is 2. The lowest BCUT2D eigenvalue weighted by Gasteiger charge is -2.25. The van der Waals surface area contributed by atoms with Gasteiger partial charge in [-0.25, -0.2) is 13.4 Å². The highest BCUT2D eigenvalue weighted by molar-refractivity contribution is 7.92. The van der Waals surface area contributed by atoms with Gasteiger partial charge >= 0.3 is 0 Å². The summed E-state index contributed by atoms with van der Waals surface area (Å²) in [6.07, 6.45) is 2.38. The first-order valence-corrected chi connectivity index (χ1v) is 11.0. The highest BCUT2D eigenvalue weighted by Crippen LogP contribution is 2.23. The number of aryl methyl sites for hydroxylation is 1. The van der Waals surface area contributed by atoms with Crippen molar-refractivity contribution in [2.24, 2.45) is 0 Å². The van der Waals surface area contributed by atoms with Crippen LogP contribution < -0.4 is 10.9 Å². The first-order valence-electron chi connectivity index (χ1n) is 9.14. The van der Waals surface area contributed by atoms with Gasteiger partial charge in [0.1, 0.15) is 4.75 Å². The number of nitrogens with zero attached hydrogens (tertiary/aromatic N) is 2. The molecule has 3 aromatic rings. The van der Waals surface area contributed by atoms with Gasteiger partial charge in [-0.05, 0) is 36.6 Å². The number of carbonyl (C=O) groups excluding carboxylic acids is 1. The van der Waals surface area contributed by atoms with E-state index in [1.807, 2.05) is 42.5 Å². The van der Waals surface area contributed by atoms with Crippen molar-refractivity contribution >= 4 is 26.6 Å². The Kier molecular flexibility index (Phi) is 5.57. The molecule has 1 amide bonds. The maximum absolute atomic E-state index is 12.9. The summed E-state index contributed by atoms with van der Waals surface area (Å²) >= 11 is 0. The summed E-state index contributed by atoms with van der Waals surface area (Å²) in [6.45, 7) is 1.42. The molecule has 1 atom stereocenters. The molecular formula is C21H23N3O4S. The van der Waals surface area contributed by atoms with Gasteiger partial charge in [0, 0.05) is 19.8 Å².